The number of aromatic nitrogens is 2. The quantitative estimate of drug-likeness (QED) is 0.778. The van der Waals surface area contributed by atoms with Gasteiger partial charge < -0.3 is 14.2 Å². The minimum Gasteiger partial charge on any atom is -0.444 e. The summed E-state index contributed by atoms with van der Waals surface area (Å²) in [4.78, 5) is 17.8. The van der Waals surface area contributed by atoms with Crippen molar-refractivity contribution in [1.29, 1.82) is 0 Å². The molecule has 0 saturated carbocycles. The number of carbonyl (C=O) groups excluding carboxylic acids is 1. The van der Waals surface area contributed by atoms with Gasteiger partial charge in [-0.05, 0) is 27.7 Å². The summed E-state index contributed by atoms with van der Waals surface area (Å²) in [6, 6.07) is 0. The first-order chi connectivity index (χ1) is 9.40. The van der Waals surface area contributed by atoms with Gasteiger partial charge in [-0.25, -0.2) is 9.78 Å². The Morgan fingerprint density at radius 3 is 2.80 bits per heavy atom. The van der Waals surface area contributed by atoms with Crippen molar-refractivity contribution in [3.8, 4) is 11.8 Å². The molecule has 1 aliphatic heterocycles. The standard InChI is InChI=1S/C15H21N3O2/c1-5-6-7-17-11-16-8-13(17)12-9-18(10-12)14(19)20-15(2,3)4/h8,11-12H,7,9-10H2,1-4H3. The molecule has 108 valence electrons. The van der Waals surface area contributed by atoms with Crippen molar-refractivity contribution in [2.24, 2.45) is 0 Å². The molecular formula is C15H21N3O2. The van der Waals surface area contributed by atoms with Crippen molar-refractivity contribution in [3.63, 3.8) is 0 Å². The van der Waals surface area contributed by atoms with Crippen molar-refractivity contribution in [2.75, 3.05) is 13.1 Å². The van der Waals surface area contributed by atoms with Crippen LogP contribution in [0, 0.1) is 11.8 Å². The first-order valence-electron chi connectivity index (χ1n) is 6.78. The number of rotatable bonds is 2. The molecule has 0 aliphatic carbocycles. The molecule has 1 fully saturated rings. The van der Waals surface area contributed by atoms with E-state index in [0.29, 0.717) is 25.6 Å². The largest absolute Gasteiger partial charge is 0.444 e. The molecule has 1 aromatic heterocycles. The zero-order valence-corrected chi connectivity index (χ0v) is 12.5. The van der Waals surface area contributed by atoms with Crippen LogP contribution in [0.5, 0.6) is 0 Å². The Bertz CT molecular complexity index is 539. The molecule has 1 aromatic rings. The Kier molecular flexibility index (Phi) is 4.03. The van der Waals surface area contributed by atoms with Crippen LogP contribution in [0.4, 0.5) is 4.79 Å². The van der Waals surface area contributed by atoms with Gasteiger partial charge in [-0.3, -0.25) is 0 Å². The Balaban J connectivity index is 1.91. The fourth-order valence-electron chi connectivity index (χ4n) is 2.11. The van der Waals surface area contributed by atoms with Gasteiger partial charge in [0.15, 0.2) is 0 Å². The first kappa shape index (κ1) is 14.4. The Morgan fingerprint density at radius 2 is 2.20 bits per heavy atom. The van der Waals surface area contributed by atoms with E-state index in [-0.39, 0.29) is 6.09 Å². The van der Waals surface area contributed by atoms with Gasteiger partial charge in [0.25, 0.3) is 0 Å². The topological polar surface area (TPSA) is 47.4 Å². The summed E-state index contributed by atoms with van der Waals surface area (Å²) >= 11 is 0. The van der Waals surface area contributed by atoms with Gasteiger partial charge in [0, 0.05) is 30.9 Å². The van der Waals surface area contributed by atoms with Crippen molar-refractivity contribution in [2.45, 2.75) is 45.8 Å². The Morgan fingerprint density at radius 1 is 1.50 bits per heavy atom. The lowest BCUT2D eigenvalue weighted by Crippen LogP contribution is -2.50. The van der Waals surface area contributed by atoms with Crippen molar-refractivity contribution >= 4 is 6.09 Å². The number of imidazole rings is 1. The van der Waals surface area contributed by atoms with Gasteiger partial charge >= 0.3 is 6.09 Å². The summed E-state index contributed by atoms with van der Waals surface area (Å²) in [6.07, 6.45) is 3.40. The summed E-state index contributed by atoms with van der Waals surface area (Å²) < 4.78 is 7.38. The maximum atomic E-state index is 11.9. The van der Waals surface area contributed by atoms with E-state index in [1.54, 1.807) is 11.2 Å². The number of nitrogens with zero attached hydrogens (tertiary/aromatic N) is 3. The van der Waals surface area contributed by atoms with Gasteiger partial charge in [-0.15, -0.1) is 5.92 Å². The van der Waals surface area contributed by atoms with Crippen LogP contribution in [0.15, 0.2) is 12.5 Å². The highest BCUT2D eigenvalue weighted by atomic mass is 16.6. The van der Waals surface area contributed by atoms with Gasteiger partial charge in [0.1, 0.15) is 5.60 Å². The Labute approximate surface area is 119 Å². The van der Waals surface area contributed by atoms with E-state index in [9.17, 15) is 4.79 Å². The second-order valence-corrected chi connectivity index (χ2v) is 5.96. The van der Waals surface area contributed by atoms with E-state index in [2.05, 4.69) is 16.8 Å². The third-order valence-corrected chi connectivity index (χ3v) is 3.12. The molecule has 2 heterocycles. The van der Waals surface area contributed by atoms with E-state index in [0.717, 1.165) is 5.69 Å². The van der Waals surface area contributed by atoms with Crippen LogP contribution in [0.1, 0.15) is 39.3 Å². The molecular weight excluding hydrogens is 254 g/mol. The Hall–Kier alpha value is -1.96. The smallest absolute Gasteiger partial charge is 0.410 e. The number of hydrogen-bond acceptors (Lipinski definition) is 3. The SMILES string of the molecule is CC#CCn1cncc1C1CN(C(=O)OC(C)(C)C)C1. The zero-order valence-electron chi connectivity index (χ0n) is 12.5. The lowest BCUT2D eigenvalue weighted by molar-refractivity contribution is 0.00762. The average Bonchev–Trinajstić information content (AvgIpc) is 2.70. The van der Waals surface area contributed by atoms with Crippen LogP contribution in [0.3, 0.4) is 0 Å². The summed E-state index contributed by atoms with van der Waals surface area (Å²) in [5.74, 6) is 6.23. The van der Waals surface area contributed by atoms with Crippen molar-refractivity contribution in [1.82, 2.24) is 14.5 Å². The number of carbonyl (C=O) groups is 1. The monoisotopic (exact) mass is 275 g/mol. The summed E-state index contributed by atoms with van der Waals surface area (Å²) in [6.45, 7) is 9.46. The van der Waals surface area contributed by atoms with Crippen LogP contribution in [-0.4, -0.2) is 39.2 Å². The maximum absolute atomic E-state index is 11.9. The fraction of sp³-hybridized carbons (Fsp3) is 0.600. The zero-order chi connectivity index (χ0) is 14.8. The third-order valence-electron chi connectivity index (χ3n) is 3.12. The lowest BCUT2D eigenvalue weighted by Gasteiger charge is -2.39. The number of likely N-dealkylation sites (tertiary alicyclic amines) is 1. The predicted octanol–water partition coefficient (Wildman–Crippen LogP) is 2.24. The van der Waals surface area contributed by atoms with Gasteiger partial charge in [-0.2, -0.15) is 0 Å². The average molecular weight is 275 g/mol. The highest BCUT2D eigenvalue weighted by molar-refractivity contribution is 5.69. The third kappa shape index (κ3) is 3.32. The van der Waals surface area contributed by atoms with E-state index < -0.39 is 5.60 Å². The molecule has 1 amide bonds. The predicted molar refractivity (Wildman–Crippen MR) is 76.2 cm³/mol. The molecule has 1 aliphatic rings. The van der Waals surface area contributed by atoms with Gasteiger partial charge in [0.2, 0.25) is 0 Å². The summed E-state index contributed by atoms with van der Waals surface area (Å²) in [5, 5.41) is 0. The molecule has 5 heteroatoms. The molecule has 0 spiro atoms. The second-order valence-electron chi connectivity index (χ2n) is 5.96. The van der Waals surface area contributed by atoms with Crippen LogP contribution in [0.25, 0.3) is 0 Å². The first-order valence-corrected chi connectivity index (χ1v) is 6.78. The highest BCUT2D eigenvalue weighted by Gasteiger charge is 2.35. The van der Waals surface area contributed by atoms with Gasteiger partial charge in [0.05, 0.1) is 12.9 Å². The second kappa shape index (κ2) is 5.58. The molecule has 0 radical (unpaired) electrons. The number of hydrogen-bond donors (Lipinski definition) is 0. The molecule has 20 heavy (non-hydrogen) atoms. The minimum absolute atomic E-state index is 0.242. The fourth-order valence-corrected chi connectivity index (χ4v) is 2.11. The highest BCUT2D eigenvalue weighted by Crippen LogP contribution is 2.28. The molecule has 0 aromatic carbocycles. The van der Waals surface area contributed by atoms with E-state index in [4.69, 9.17) is 4.74 Å². The molecule has 0 bridgehead atoms. The van der Waals surface area contributed by atoms with Crippen LogP contribution >= 0.6 is 0 Å². The van der Waals surface area contributed by atoms with Crippen molar-refractivity contribution < 1.29 is 9.53 Å². The number of ether oxygens (including phenoxy) is 1. The summed E-state index contributed by atoms with van der Waals surface area (Å²) in [5.41, 5.74) is 0.688. The maximum Gasteiger partial charge on any atom is 0.410 e. The molecule has 0 unspecified atom stereocenters. The van der Waals surface area contributed by atoms with Crippen LogP contribution in [-0.2, 0) is 11.3 Å². The summed E-state index contributed by atoms with van der Waals surface area (Å²) in [7, 11) is 0. The van der Waals surface area contributed by atoms with Crippen LogP contribution < -0.4 is 0 Å². The molecule has 5 nitrogen and oxygen atoms in total. The molecule has 0 N–H and O–H groups in total. The van der Waals surface area contributed by atoms with E-state index in [1.807, 2.05) is 38.5 Å². The molecule has 2 rings (SSSR count). The number of amides is 1. The van der Waals surface area contributed by atoms with Crippen LogP contribution in [0.2, 0.25) is 0 Å². The van der Waals surface area contributed by atoms with Crippen molar-refractivity contribution in [3.05, 3.63) is 18.2 Å². The normalized spacial score (nSPS) is 15.3. The lowest BCUT2D eigenvalue weighted by atomic mass is 9.97. The minimum atomic E-state index is -0.444. The molecule has 1 saturated heterocycles. The van der Waals surface area contributed by atoms with Gasteiger partial charge in [-0.1, -0.05) is 5.92 Å². The molecule has 0 atom stereocenters. The van der Waals surface area contributed by atoms with E-state index >= 15 is 0 Å². The van der Waals surface area contributed by atoms with E-state index in [1.165, 1.54) is 0 Å².